The molecule has 1 saturated carbocycles. The van der Waals surface area contributed by atoms with E-state index in [1.807, 2.05) is 12.3 Å². The minimum atomic E-state index is -0.442. The molecule has 1 aliphatic rings. The van der Waals surface area contributed by atoms with Gasteiger partial charge in [-0.25, -0.2) is 4.98 Å². The van der Waals surface area contributed by atoms with Crippen molar-refractivity contribution in [1.82, 2.24) is 4.98 Å². The number of carbonyl (C=O) groups is 1. The first-order valence-electron chi connectivity index (χ1n) is 7.58. The van der Waals surface area contributed by atoms with Crippen LogP contribution in [0.2, 0.25) is 0 Å². The maximum Gasteiger partial charge on any atom is 0.255 e. The van der Waals surface area contributed by atoms with Crippen molar-refractivity contribution >= 4 is 22.4 Å². The predicted octanol–water partition coefficient (Wildman–Crippen LogP) is 3.36. The lowest BCUT2D eigenvalue weighted by atomic mass is 10.1. The van der Waals surface area contributed by atoms with Crippen molar-refractivity contribution in [3.05, 3.63) is 11.1 Å². The van der Waals surface area contributed by atoms with Gasteiger partial charge in [0.1, 0.15) is 6.10 Å². The van der Waals surface area contributed by atoms with Crippen LogP contribution in [0.25, 0.3) is 0 Å². The van der Waals surface area contributed by atoms with Crippen molar-refractivity contribution < 1.29 is 14.3 Å². The monoisotopic (exact) mass is 312 g/mol. The third kappa shape index (κ3) is 5.37. The topological polar surface area (TPSA) is 60.5 Å². The number of hydrogen-bond acceptors (Lipinski definition) is 5. The summed E-state index contributed by atoms with van der Waals surface area (Å²) in [5, 5.41) is 5.30. The molecule has 0 aromatic carbocycles. The molecule has 5 nitrogen and oxygen atoms in total. The van der Waals surface area contributed by atoms with E-state index in [0.717, 1.165) is 18.5 Å². The van der Waals surface area contributed by atoms with E-state index in [1.165, 1.54) is 37.0 Å². The van der Waals surface area contributed by atoms with E-state index in [0.29, 0.717) is 11.7 Å². The molecule has 1 fully saturated rings. The average Bonchev–Trinajstić information content (AvgIpc) is 2.73. The highest BCUT2D eigenvalue weighted by Crippen LogP contribution is 2.22. The first kappa shape index (κ1) is 16.4. The molecule has 0 saturated heterocycles. The number of methoxy groups -OCH3 is 1. The zero-order valence-corrected chi connectivity index (χ0v) is 13.6. The standard InChI is InChI=1S/C15H24N2O3S/c1-11(20-13-7-5-3-4-6-8-13)14(18)17-15-16-12(9-19-2)10-21-15/h10-11,13H,3-9H2,1-2H3,(H,16,17,18)/t11-/m1/s1. The lowest BCUT2D eigenvalue weighted by molar-refractivity contribution is -0.130. The summed E-state index contributed by atoms with van der Waals surface area (Å²) >= 11 is 1.41. The summed E-state index contributed by atoms with van der Waals surface area (Å²) in [6.07, 6.45) is 6.86. The van der Waals surface area contributed by atoms with Crippen LogP contribution in [0.4, 0.5) is 5.13 Å². The molecule has 0 spiro atoms. The number of nitrogens with zero attached hydrogens (tertiary/aromatic N) is 1. The molecule has 1 aliphatic carbocycles. The molecular formula is C15H24N2O3S. The highest BCUT2D eigenvalue weighted by Gasteiger charge is 2.21. The van der Waals surface area contributed by atoms with Crippen molar-refractivity contribution in [2.45, 2.75) is 64.3 Å². The Morgan fingerprint density at radius 3 is 2.81 bits per heavy atom. The Morgan fingerprint density at radius 2 is 2.14 bits per heavy atom. The molecule has 1 N–H and O–H groups in total. The first-order chi connectivity index (χ1) is 10.2. The molecule has 21 heavy (non-hydrogen) atoms. The predicted molar refractivity (Wildman–Crippen MR) is 83.5 cm³/mol. The van der Waals surface area contributed by atoms with Gasteiger partial charge in [-0.05, 0) is 19.8 Å². The molecule has 2 rings (SSSR count). The van der Waals surface area contributed by atoms with E-state index < -0.39 is 6.10 Å². The molecule has 0 radical (unpaired) electrons. The molecule has 1 amide bonds. The van der Waals surface area contributed by atoms with E-state index in [4.69, 9.17) is 9.47 Å². The molecule has 1 aromatic rings. The van der Waals surface area contributed by atoms with E-state index in [-0.39, 0.29) is 12.0 Å². The summed E-state index contributed by atoms with van der Waals surface area (Å²) in [6, 6.07) is 0. The Kier molecular flexibility index (Phi) is 6.60. The molecule has 0 bridgehead atoms. The molecule has 118 valence electrons. The summed E-state index contributed by atoms with van der Waals surface area (Å²) in [7, 11) is 1.63. The van der Waals surface area contributed by atoms with Crippen LogP contribution in [0.15, 0.2) is 5.38 Å². The van der Waals surface area contributed by atoms with Crippen LogP contribution in [-0.2, 0) is 20.9 Å². The second kappa shape index (κ2) is 8.46. The molecule has 0 unspecified atom stereocenters. The quantitative estimate of drug-likeness (QED) is 0.818. The van der Waals surface area contributed by atoms with Gasteiger partial charge in [0.2, 0.25) is 0 Å². The Labute approximate surface area is 130 Å². The number of hydrogen-bond donors (Lipinski definition) is 1. The number of rotatable bonds is 6. The van der Waals surface area contributed by atoms with Crippen LogP contribution in [-0.4, -0.2) is 30.2 Å². The normalized spacial score (nSPS) is 18.2. The number of carbonyl (C=O) groups excluding carboxylic acids is 1. The largest absolute Gasteiger partial charge is 0.378 e. The van der Waals surface area contributed by atoms with Gasteiger partial charge in [0.15, 0.2) is 5.13 Å². The van der Waals surface area contributed by atoms with Gasteiger partial charge in [0.05, 0.1) is 18.4 Å². The Morgan fingerprint density at radius 1 is 1.43 bits per heavy atom. The zero-order chi connectivity index (χ0) is 15.1. The highest BCUT2D eigenvalue weighted by molar-refractivity contribution is 7.13. The molecule has 1 atom stereocenters. The van der Waals surface area contributed by atoms with Gasteiger partial charge in [-0.15, -0.1) is 11.3 Å². The van der Waals surface area contributed by atoms with Gasteiger partial charge in [0.25, 0.3) is 5.91 Å². The van der Waals surface area contributed by atoms with Crippen LogP contribution >= 0.6 is 11.3 Å². The highest BCUT2D eigenvalue weighted by atomic mass is 32.1. The third-order valence-corrected chi connectivity index (χ3v) is 4.45. The van der Waals surface area contributed by atoms with E-state index in [9.17, 15) is 4.79 Å². The number of amides is 1. The van der Waals surface area contributed by atoms with Gasteiger partial charge in [-0.1, -0.05) is 25.7 Å². The second-order valence-electron chi connectivity index (χ2n) is 5.46. The molecular weight excluding hydrogens is 288 g/mol. The first-order valence-corrected chi connectivity index (χ1v) is 8.46. The zero-order valence-electron chi connectivity index (χ0n) is 12.8. The van der Waals surface area contributed by atoms with Crippen LogP contribution < -0.4 is 5.32 Å². The number of nitrogens with one attached hydrogen (secondary N) is 1. The van der Waals surface area contributed by atoms with Crippen LogP contribution in [0, 0.1) is 0 Å². The summed E-state index contributed by atoms with van der Waals surface area (Å²) in [6.45, 7) is 2.27. The average molecular weight is 312 g/mol. The number of ether oxygens (including phenoxy) is 2. The molecule has 1 aromatic heterocycles. The van der Waals surface area contributed by atoms with E-state index in [1.54, 1.807) is 7.11 Å². The Bertz CT molecular complexity index is 442. The van der Waals surface area contributed by atoms with Crippen molar-refractivity contribution in [3.8, 4) is 0 Å². The lowest BCUT2D eigenvalue weighted by Gasteiger charge is -2.20. The molecule has 1 heterocycles. The van der Waals surface area contributed by atoms with Crippen LogP contribution in [0.5, 0.6) is 0 Å². The number of aromatic nitrogens is 1. The van der Waals surface area contributed by atoms with Crippen molar-refractivity contribution in [2.24, 2.45) is 0 Å². The van der Waals surface area contributed by atoms with Crippen LogP contribution in [0.3, 0.4) is 0 Å². The van der Waals surface area contributed by atoms with Gasteiger partial charge < -0.3 is 9.47 Å². The number of thiazole rings is 1. The van der Waals surface area contributed by atoms with Crippen molar-refractivity contribution in [3.63, 3.8) is 0 Å². The fraction of sp³-hybridized carbons (Fsp3) is 0.733. The fourth-order valence-corrected chi connectivity index (χ4v) is 3.21. The summed E-state index contributed by atoms with van der Waals surface area (Å²) in [5.41, 5.74) is 0.829. The smallest absolute Gasteiger partial charge is 0.255 e. The molecule has 0 aliphatic heterocycles. The summed E-state index contributed by atoms with van der Waals surface area (Å²) in [5.74, 6) is -0.127. The maximum atomic E-state index is 12.1. The van der Waals surface area contributed by atoms with Gasteiger partial charge >= 0.3 is 0 Å². The van der Waals surface area contributed by atoms with E-state index in [2.05, 4.69) is 10.3 Å². The lowest BCUT2D eigenvalue weighted by Crippen LogP contribution is -2.31. The van der Waals surface area contributed by atoms with Crippen molar-refractivity contribution in [2.75, 3.05) is 12.4 Å². The number of anilines is 1. The third-order valence-electron chi connectivity index (χ3n) is 3.64. The SMILES string of the molecule is COCc1csc(NC(=O)[C@@H](C)OC2CCCCCC2)n1. The minimum absolute atomic E-state index is 0.127. The Hall–Kier alpha value is -0.980. The van der Waals surface area contributed by atoms with Crippen LogP contribution in [0.1, 0.15) is 51.1 Å². The van der Waals surface area contributed by atoms with Gasteiger partial charge in [-0.3, -0.25) is 10.1 Å². The fourth-order valence-electron chi connectivity index (χ4n) is 2.51. The molecule has 6 heteroatoms. The minimum Gasteiger partial charge on any atom is -0.378 e. The summed E-state index contributed by atoms with van der Waals surface area (Å²) in [4.78, 5) is 16.4. The van der Waals surface area contributed by atoms with Gasteiger partial charge in [-0.2, -0.15) is 0 Å². The second-order valence-corrected chi connectivity index (χ2v) is 6.32. The summed E-state index contributed by atoms with van der Waals surface area (Å²) < 4.78 is 10.9. The van der Waals surface area contributed by atoms with Crippen molar-refractivity contribution in [1.29, 1.82) is 0 Å². The van der Waals surface area contributed by atoms with Gasteiger partial charge in [0, 0.05) is 12.5 Å². The Balaban J connectivity index is 1.80. The maximum absolute atomic E-state index is 12.1. The van der Waals surface area contributed by atoms with E-state index >= 15 is 0 Å².